The predicted octanol–water partition coefficient (Wildman–Crippen LogP) is 3.60. The Morgan fingerprint density at radius 2 is 1.86 bits per heavy atom. The Morgan fingerprint density at radius 1 is 1.18 bits per heavy atom. The molecule has 0 aliphatic carbocycles. The maximum Gasteiger partial charge on any atom is 0.194 e. The number of benzene rings is 1. The van der Waals surface area contributed by atoms with Gasteiger partial charge in [-0.2, -0.15) is 5.10 Å². The summed E-state index contributed by atoms with van der Waals surface area (Å²) in [5.74, 6) is 0.971. The second-order valence-electron chi connectivity index (χ2n) is 6.87. The van der Waals surface area contributed by atoms with Crippen molar-refractivity contribution in [3.8, 4) is 0 Å². The second-order valence-corrected chi connectivity index (χ2v) is 7.28. The van der Waals surface area contributed by atoms with Crippen molar-refractivity contribution in [3.63, 3.8) is 0 Å². The molecule has 154 valence electrons. The third-order valence-electron chi connectivity index (χ3n) is 5.15. The van der Waals surface area contributed by atoms with Crippen LogP contribution in [0, 0.1) is 13.8 Å². The summed E-state index contributed by atoms with van der Waals surface area (Å²) < 4.78 is 1.93. The molecule has 0 saturated carbocycles. The van der Waals surface area contributed by atoms with Gasteiger partial charge >= 0.3 is 0 Å². The monoisotopic (exact) mass is 516 g/mol. The number of para-hydroxylation sites is 1. The highest BCUT2D eigenvalue weighted by Crippen LogP contribution is 2.26. The number of aromatic nitrogens is 2. The van der Waals surface area contributed by atoms with Crippen molar-refractivity contribution >= 4 is 47.2 Å². The lowest BCUT2D eigenvalue weighted by atomic mass is 10.2. The van der Waals surface area contributed by atoms with E-state index in [2.05, 4.69) is 40.1 Å². The molecule has 0 bridgehead atoms. The highest BCUT2D eigenvalue weighted by molar-refractivity contribution is 14.0. The summed E-state index contributed by atoms with van der Waals surface area (Å²) in [5.41, 5.74) is 4.55. The van der Waals surface area contributed by atoms with Gasteiger partial charge in [-0.15, -0.1) is 24.0 Å². The van der Waals surface area contributed by atoms with Crippen LogP contribution in [0.5, 0.6) is 0 Å². The molecule has 8 heteroatoms. The normalized spacial score (nSPS) is 14.8. The van der Waals surface area contributed by atoms with Crippen LogP contribution in [0.2, 0.25) is 5.02 Å². The van der Waals surface area contributed by atoms with E-state index in [0.29, 0.717) is 6.54 Å². The molecule has 2 aromatic rings. The lowest BCUT2D eigenvalue weighted by Gasteiger charge is -2.38. The SMILES string of the molecule is CCNC(=NCc1c(C)nn(C)c1C)N1CCN(c2ccccc2Cl)CC1.I. The topological polar surface area (TPSA) is 48.7 Å². The van der Waals surface area contributed by atoms with E-state index in [-0.39, 0.29) is 24.0 Å². The van der Waals surface area contributed by atoms with E-state index < -0.39 is 0 Å². The molecular formula is C20H30ClIN6. The molecule has 1 aromatic heterocycles. The zero-order valence-electron chi connectivity index (χ0n) is 17.1. The van der Waals surface area contributed by atoms with Crippen LogP contribution in [0.4, 0.5) is 5.69 Å². The Morgan fingerprint density at radius 3 is 2.43 bits per heavy atom. The number of halogens is 2. The van der Waals surface area contributed by atoms with Crippen molar-refractivity contribution in [2.24, 2.45) is 12.0 Å². The summed E-state index contributed by atoms with van der Waals surface area (Å²) in [4.78, 5) is 9.57. The molecule has 0 unspecified atom stereocenters. The highest BCUT2D eigenvalue weighted by atomic mass is 127. The zero-order chi connectivity index (χ0) is 19.4. The number of aryl methyl sites for hydroxylation is 2. The standard InChI is InChI=1S/C20H29ClN6.HI/c1-5-22-20(23-14-17-15(2)24-25(4)16(17)3)27-12-10-26(11-13-27)19-9-7-6-8-18(19)21;/h6-9H,5,10-14H2,1-4H3,(H,22,23);1H. The van der Waals surface area contributed by atoms with Gasteiger partial charge in [-0.1, -0.05) is 23.7 Å². The molecule has 28 heavy (non-hydrogen) atoms. The number of hydrogen-bond acceptors (Lipinski definition) is 3. The Kier molecular flexibility index (Phi) is 8.42. The number of aliphatic imine (C=N–C) groups is 1. The van der Waals surface area contributed by atoms with Crippen LogP contribution in [0.1, 0.15) is 23.9 Å². The van der Waals surface area contributed by atoms with Crippen LogP contribution in [-0.4, -0.2) is 53.4 Å². The predicted molar refractivity (Wildman–Crippen MR) is 128 cm³/mol. The lowest BCUT2D eigenvalue weighted by Crippen LogP contribution is -2.52. The number of rotatable bonds is 4. The highest BCUT2D eigenvalue weighted by Gasteiger charge is 2.21. The molecule has 1 aliphatic rings. The number of nitrogens with one attached hydrogen (secondary N) is 1. The average Bonchev–Trinajstić information content (AvgIpc) is 2.91. The Balaban J connectivity index is 0.00000280. The van der Waals surface area contributed by atoms with Crippen molar-refractivity contribution in [1.29, 1.82) is 0 Å². The van der Waals surface area contributed by atoms with Gasteiger partial charge in [0.05, 0.1) is 22.9 Å². The molecule has 0 amide bonds. The van der Waals surface area contributed by atoms with Gasteiger partial charge in [0, 0.05) is 51.0 Å². The van der Waals surface area contributed by atoms with E-state index in [9.17, 15) is 0 Å². The second kappa shape index (κ2) is 10.3. The van der Waals surface area contributed by atoms with Crippen LogP contribution in [0.25, 0.3) is 0 Å². The summed E-state index contributed by atoms with van der Waals surface area (Å²) >= 11 is 6.36. The van der Waals surface area contributed by atoms with Crippen LogP contribution >= 0.6 is 35.6 Å². The minimum absolute atomic E-state index is 0. The first-order chi connectivity index (χ1) is 13.0. The fourth-order valence-electron chi connectivity index (χ4n) is 3.49. The number of hydrogen-bond donors (Lipinski definition) is 1. The van der Waals surface area contributed by atoms with Gasteiger partial charge in [0.2, 0.25) is 0 Å². The van der Waals surface area contributed by atoms with Gasteiger partial charge in [0.25, 0.3) is 0 Å². The Bertz CT molecular complexity index is 811. The van der Waals surface area contributed by atoms with Crippen LogP contribution in [0.3, 0.4) is 0 Å². The maximum absolute atomic E-state index is 6.36. The van der Waals surface area contributed by atoms with Crippen LogP contribution in [-0.2, 0) is 13.6 Å². The van der Waals surface area contributed by atoms with E-state index in [4.69, 9.17) is 16.6 Å². The fraction of sp³-hybridized carbons (Fsp3) is 0.500. The molecule has 0 radical (unpaired) electrons. The van der Waals surface area contributed by atoms with Crippen molar-refractivity contribution < 1.29 is 0 Å². The quantitative estimate of drug-likeness (QED) is 0.383. The summed E-state index contributed by atoms with van der Waals surface area (Å²) in [6, 6.07) is 8.05. The Labute approximate surface area is 190 Å². The molecule has 1 fully saturated rings. The number of guanidine groups is 1. The molecule has 1 N–H and O–H groups in total. The first-order valence-electron chi connectivity index (χ1n) is 9.53. The van der Waals surface area contributed by atoms with Crippen molar-refractivity contribution in [2.75, 3.05) is 37.6 Å². The average molecular weight is 517 g/mol. The molecule has 6 nitrogen and oxygen atoms in total. The van der Waals surface area contributed by atoms with Gasteiger partial charge in [0.15, 0.2) is 5.96 Å². The molecule has 1 saturated heterocycles. The summed E-state index contributed by atoms with van der Waals surface area (Å²) in [6.07, 6.45) is 0. The molecule has 1 aromatic carbocycles. The maximum atomic E-state index is 6.36. The molecule has 0 atom stereocenters. The molecular weight excluding hydrogens is 487 g/mol. The largest absolute Gasteiger partial charge is 0.367 e. The first kappa shape index (κ1) is 22.8. The molecule has 3 rings (SSSR count). The fourth-order valence-corrected chi connectivity index (χ4v) is 3.75. The smallest absolute Gasteiger partial charge is 0.194 e. The molecule has 0 spiro atoms. The van der Waals surface area contributed by atoms with Gasteiger partial charge in [-0.25, -0.2) is 4.99 Å². The van der Waals surface area contributed by atoms with Gasteiger partial charge < -0.3 is 15.1 Å². The summed E-state index contributed by atoms with van der Waals surface area (Å²) in [7, 11) is 1.98. The van der Waals surface area contributed by atoms with Crippen molar-refractivity contribution in [1.82, 2.24) is 20.0 Å². The van der Waals surface area contributed by atoms with Crippen molar-refractivity contribution in [2.45, 2.75) is 27.3 Å². The summed E-state index contributed by atoms with van der Waals surface area (Å²) in [5, 5.41) is 8.75. The van der Waals surface area contributed by atoms with Gasteiger partial charge in [-0.3, -0.25) is 4.68 Å². The van der Waals surface area contributed by atoms with E-state index in [1.807, 2.05) is 36.9 Å². The lowest BCUT2D eigenvalue weighted by molar-refractivity contribution is 0.372. The Hall–Kier alpha value is -1.48. The third kappa shape index (κ3) is 5.11. The minimum atomic E-state index is 0. The van der Waals surface area contributed by atoms with E-state index in [0.717, 1.165) is 55.1 Å². The van der Waals surface area contributed by atoms with Gasteiger partial charge in [0.1, 0.15) is 0 Å². The number of nitrogens with zero attached hydrogens (tertiary/aromatic N) is 5. The minimum Gasteiger partial charge on any atom is -0.367 e. The van der Waals surface area contributed by atoms with Crippen molar-refractivity contribution in [3.05, 3.63) is 46.2 Å². The zero-order valence-corrected chi connectivity index (χ0v) is 20.2. The van der Waals surface area contributed by atoms with Gasteiger partial charge in [-0.05, 0) is 32.9 Å². The number of piperazine rings is 1. The molecule has 2 heterocycles. The van der Waals surface area contributed by atoms with E-state index in [1.165, 1.54) is 11.3 Å². The number of anilines is 1. The summed E-state index contributed by atoms with van der Waals surface area (Å²) in [6.45, 7) is 11.5. The molecule has 1 aliphatic heterocycles. The first-order valence-corrected chi connectivity index (χ1v) is 9.90. The van der Waals surface area contributed by atoms with Crippen LogP contribution in [0.15, 0.2) is 29.3 Å². The third-order valence-corrected chi connectivity index (χ3v) is 5.47. The van der Waals surface area contributed by atoms with Crippen LogP contribution < -0.4 is 10.2 Å². The van der Waals surface area contributed by atoms with E-state index >= 15 is 0 Å². The van der Waals surface area contributed by atoms with E-state index in [1.54, 1.807) is 0 Å².